The van der Waals surface area contributed by atoms with Gasteiger partial charge in [0.25, 0.3) is 0 Å². The molecule has 1 N–H and O–H groups in total. The molecule has 1 heterocycles. The van der Waals surface area contributed by atoms with Crippen molar-refractivity contribution in [2.75, 3.05) is 0 Å². The molecule has 3 rings (SSSR count). The van der Waals surface area contributed by atoms with E-state index in [0.29, 0.717) is 22.2 Å². The lowest BCUT2D eigenvalue weighted by Crippen LogP contribution is -1.99. The topological polar surface area (TPSA) is 33.6 Å². The Labute approximate surface area is 103 Å². The number of nitrogens with zero attached hydrogens (tertiary/aromatic N) is 2. The third kappa shape index (κ3) is 1.80. The molecular weight excluding hydrogens is 237 g/mol. The molecule has 0 bridgehead atoms. The lowest BCUT2D eigenvalue weighted by Gasteiger charge is -2.06. The molecule has 0 radical (unpaired) electrons. The van der Waals surface area contributed by atoms with Crippen LogP contribution in [-0.4, -0.2) is 14.8 Å². The first-order valence-corrected chi connectivity index (χ1v) is 6.01. The molecule has 2 aromatic rings. The van der Waals surface area contributed by atoms with E-state index in [0.717, 1.165) is 18.4 Å². The molecule has 1 aromatic carbocycles. The Bertz CT molecular complexity index is 625. The van der Waals surface area contributed by atoms with Gasteiger partial charge < -0.3 is 0 Å². The Kier molecular flexibility index (Phi) is 2.36. The lowest BCUT2D eigenvalue weighted by molar-refractivity contribution is 0.626. The molecule has 1 saturated carbocycles. The minimum Gasteiger partial charge on any atom is -0.297 e. The maximum Gasteiger partial charge on any atom is 0.195 e. The fourth-order valence-electron chi connectivity index (χ4n) is 1.98. The van der Waals surface area contributed by atoms with Crippen LogP contribution in [0.3, 0.4) is 0 Å². The van der Waals surface area contributed by atoms with Crippen molar-refractivity contribution in [3.8, 4) is 11.4 Å². The van der Waals surface area contributed by atoms with Gasteiger partial charge in [0.1, 0.15) is 5.82 Å². The molecule has 0 atom stereocenters. The van der Waals surface area contributed by atoms with E-state index < -0.39 is 0 Å². The first kappa shape index (κ1) is 10.7. The second-order valence-electron chi connectivity index (χ2n) is 4.44. The second-order valence-corrected chi connectivity index (χ2v) is 4.82. The van der Waals surface area contributed by atoms with E-state index in [4.69, 9.17) is 12.2 Å². The van der Waals surface area contributed by atoms with Gasteiger partial charge in [0.05, 0.1) is 5.56 Å². The molecule has 3 nitrogen and oxygen atoms in total. The summed E-state index contributed by atoms with van der Waals surface area (Å²) in [6, 6.07) is 5.41. The third-order valence-corrected chi connectivity index (χ3v) is 3.27. The molecule has 0 saturated heterocycles. The summed E-state index contributed by atoms with van der Waals surface area (Å²) in [7, 11) is 0. The van der Waals surface area contributed by atoms with Crippen molar-refractivity contribution in [3.63, 3.8) is 0 Å². The van der Waals surface area contributed by atoms with Crippen LogP contribution < -0.4 is 0 Å². The highest BCUT2D eigenvalue weighted by Crippen LogP contribution is 2.38. The molecule has 88 valence electrons. The SMILES string of the molecule is Cc1ccc(F)c(-c2n[nH]c(=S)n2C2CC2)c1. The summed E-state index contributed by atoms with van der Waals surface area (Å²) in [5.41, 5.74) is 1.53. The fourth-order valence-corrected chi connectivity index (χ4v) is 2.26. The smallest absolute Gasteiger partial charge is 0.195 e. The predicted molar refractivity (Wildman–Crippen MR) is 65.8 cm³/mol. The average Bonchev–Trinajstić information content (AvgIpc) is 3.06. The standard InChI is InChI=1S/C12H12FN3S/c1-7-2-5-10(13)9(6-7)11-14-15-12(17)16(11)8-3-4-8/h2,5-6,8H,3-4H2,1H3,(H,15,17). The van der Waals surface area contributed by atoms with Gasteiger partial charge in [-0.3, -0.25) is 9.67 Å². The maximum atomic E-state index is 13.8. The molecule has 0 amide bonds. The zero-order chi connectivity index (χ0) is 12.0. The summed E-state index contributed by atoms with van der Waals surface area (Å²) in [5.74, 6) is 0.352. The van der Waals surface area contributed by atoms with Crippen molar-refractivity contribution < 1.29 is 4.39 Å². The van der Waals surface area contributed by atoms with Crippen molar-refractivity contribution >= 4 is 12.2 Å². The summed E-state index contributed by atoms with van der Waals surface area (Å²) in [6.07, 6.45) is 2.18. The van der Waals surface area contributed by atoms with Crippen LogP contribution in [0.4, 0.5) is 4.39 Å². The van der Waals surface area contributed by atoms with Gasteiger partial charge in [-0.2, -0.15) is 5.10 Å². The fraction of sp³-hybridized carbons (Fsp3) is 0.333. The van der Waals surface area contributed by atoms with Gasteiger partial charge in [0, 0.05) is 6.04 Å². The van der Waals surface area contributed by atoms with E-state index in [1.54, 1.807) is 12.1 Å². The summed E-state index contributed by atoms with van der Waals surface area (Å²) in [4.78, 5) is 0. The highest BCUT2D eigenvalue weighted by atomic mass is 32.1. The highest BCUT2D eigenvalue weighted by Gasteiger charge is 2.28. The minimum absolute atomic E-state index is 0.258. The van der Waals surface area contributed by atoms with Gasteiger partial charge in [0.2, 0.25) is 0 Å². The predicted octanol–water partition coefficient (Wildman–Crippen LogP) is 3.39. The van der Waals surface area contributed by atoms with Crippen LogP contribution in [0.5, 0.6) is 0 Å². The van der Waals surface area contributed by atoms with E-state index >= 15 is 0 Å². The van der Waals surface area contributed by atoms with Crippen LogP contribution in [0, 0.1) is 17.5 Å². The maximum absolute atomic E-state index is 13.8. The van der Waals surface area contributed by atoms with Crippen LogP contribution in [0.2, 0.25) is 0 Å². The van der Waals surface area contributed by atoms with E-state index in [2.05, 4.69) is 10.2 Å². The van der Waals surface area contributed by atoms with Crippen LogP contribution in [0.1, 0.15) is 24.4 Å². The minimum atomic E-state index is -0.258. The number of aromatic amines is 1. The second kappa shape index (κ2) is 3.77. The Hall–Kier alpha value is -1.49. The number of nitrogens with one attached hydrogen (secondary N) is 1. The zero-order valence-electron chi connectivity index (χ0n) is 9.40. The molecule has 0 aliphatic heterocycles. The summed E-state index contributed by atoms with van der Waals surface area (Å²) in [5, 5.41) is 6.91. The highest BCUT2D eigenvalue weighted by molar-refractivity contribution is 7.71. The Morgan fingerprint density at radius 1 is 1.47 bits per heavy atom. The van der Waals surface area contributed by atoms with Gasteiger partial charge in [-0.1, -0.05) is 11.6 Å². The van der Waals surface area contributed by atoms with Crippen molar-refractivity contribution in [1.82, 2.24) is 14.8 Å². The largest absolute Gasteiger partial charge is 0.297 e. The Morgan fingerprint density at radius 2 is 2.24 bits per heavy atom. The van der Waals surface area contributed by atoms with E-state index in [1.165, 1.54) is 6.07 Å². The van der Waals surface area contributed by atoms with Crippen molar-refractivity contribution in [2.24, 2.45) is 0 Å². The first-order chi connectivity index (χ1) is 8.16. The zero-order valence-corrected chi connectivity index (χ0v) is 10.2. The summed E-state index contributed by atoms with van der Waals surface area (Å²) < 4.78 is 16.3. The number of hydrogen-bond donors (Lipinski definition) is 1. The average molecular weight is 249 g/mol. The molecule has 17 heavy (non-hydrogen) atoms. The molecule has 1 aliphatic carbocycles. The van der Waals surface area contributed by atoms with Crippen molar-refractivity contribution in [2.45, 2.75) is 25.8 Å². The van der Waals surface area contributed by atoms with Gasteiger partial charge >= 0.3 is 0 Å². The monoisotopic (exact) mass is 249 g/mol. The summed E-state index contributed by atoms with van der Waals surface area (Å²) >= 11 is 5.19. The lowest BCUT2D eigenvalue weighted by atomic mass is 10.1. The molecule has 1 aromatic heterocycles. The number of aryl methyl sites for hydroxylation is 1. The quantitative estimate of drug-likeness (QED) is 0.828. The third-order valence-electron chi connectivity index (χ3n) is 2.98. The number of aromatic nitrogens is 3. The Morgan fingerprint density at radius 3 is 2.94 bits per heavy atom. The van der Waals surface area contributed by atoms with E-state index in [9.17, 15) is 4.39 Å². The van der Waals surface area contributed by atoms with Gasteiger partial charge in [-0.15, -0.1) is 0 Å². The number of H-pyrrole nitrogens is 1. The van der Waals surface area contributed by atoms with Gasteiger partial charge in [-0.05, 0) is 44.1 Å². The molecule has 1 fully saturated rings. The molecule has 5 heteroatoms. The number of benzene rings is 1. The van der Waals surface area contributed by atoms with Crippen LogP contribution >= 0.6 is 12.2 Å². The molecular formula is C12H12FN3S. The number of halogens is 1. The van der Waals surface area contributed by atoms with E-state index in [-0.39, 0.29) is 5.82 Å². The summed E-state index contributed by atoms with van der Waals surface area (Å²) in [6.45, 7) is 1.94. The van der Waals surface area contributed by atoms with Gasteiger partial charge in [0.15, 0.2) is 10.6 Å². The van der Waals surface area contributed by atoms with Crippen molar-refractivity contribution in [3.05, 3.63) is 34.4 Å². The Balaban J connectivity index is 2.21. The van der Waals surface area contributed by atoms with Crippen LogP contribution in [0.15, 0.2) is 18.2 Å². The van der Waals surface area contributed by atoms with Crippen LogP contribution in [-0.2, 0) is 0 Å². The molecule has 0 unspecified atom stereocenters. The molecule has 1 aliphatic rings. The van der Waals surface area contributed by atoms with Gasteiger partial charge in [-0.25, -0.2) is 4.39 Å². The number of hydrogen-bond acceptors (Lipinski definition) is 2. The first-order valence-electron chi connectivity index (χ1n) is 5.60. The van der Waals surface area contributed by atoms with Crippen molar-refractivity contribution in [1.29, 1.82) is 0 Å². The van der Waals surface area contributed by atoms with E-state index in [1.807, 2.05) is 11.5 Å². The van der Waals surface area contributed by atoms with Crippen LogP contribution in [0.25, 0.3) is 11.4 Å². The normalized spacial score (nSPS) is 15.2. The number of rotatable bonds is 2. The molecule has 0 spiro atoms.